The van der Waals surface area contributed by atoms with Gasteiger partial charge in [-0.15, -0.1) is 0 Å². The molecule has 1 saturated heterocycles. The minimum atomic E-state index is -1.06. The number of carbonyl (C=O) groups excluding carboxylic acids is 3. The number of aromatic nitrogens is 2. The average Bonchev–Trinajstić information content (AvgIpc) is 2.96. The molecule has 2 rings (SSSR count). The molecule has 0 bridgehead atoms. The highest BCUT2D eigenvalue weighted by atomic mass is 127. The number of unbranched alkanes of at least 4 members (excludes halogenated alkanes) is 2. The number of carbonyl (C=O) groups is 3. The Balaban J connectivity index is 2.22. The molecule has 0 spiro atoms. The zero-order chi connectivity index (χ0) is 23.1. The Morgan fingerprint density at radius 2 is 1.84 bits per heavy atom. The fourth-order valence-electron chi connectivity index (χ4n) is 3.06. The number of nitrogens with one attached hydrogen (secondary N) is 1. The summed E-state index contributed by atoms with van der Waals surface area (Å²) in [4.78, 5) is 51.5. The number of halogens is 1. The van der Waals surface area contributed by atoms with Crippen molar-refractivity contribution < 1.29 is 33.3 Å². The Morgan fingerprint density at radius 1 is 1.19 bits per heavy atom. The highest BCUT2D eigenvalue weighted by Crippen LogP contribution is 2.33. The zero-order valence-corrected chi connectivity index (χ0v) is 19.9. The standard InChI is InChI=1S/C19H26IN3O8/c1-5-6-7-8-28-19(27)22-16-13(20)9-23(18(26)21-16)17-15(31-12(4)25)14(10(2)29-17)30-11(3)24/h9-10,14-15,17H,5-8H2,1-4H3,(H,21,22,26,27)/t10-,14-,15-,17-/m1/s1. The van der Waals surface area contributed by atoms with E-state index in [-0.39, 0.29) is 12.4 Å². The van der Waals surface area contributed by atoms with Crippen LogP contribution in [0.3, 0.4) is 0 Å². The van der Waals surface area contributed by atoms with Crippen molar-refractivity contribution >= 4 is 46.4 Å². The Kier molecular flexibility index (Phi) is 9.22. The minimum Gasteiger partial charge on any atom is -0.456 e. The van der Waals surface area contributed by atoms with Crippen molar-refractivity contribution in [2.75, 3.05) is 11.9 Å². The third-order valence-corrected chi connectivity index (χ3v) is 5.20. The second-order valence-corrected chi connectivity index (χ2v) is 8.14. The van der Waals surface area contributed by atoms with E-state index in [9.17, 15) is 19.2 Å². The molecule has 31 heavy (non-hydrogen) atoms. The van der Waals surface area contributed by atoms with Gasteiger partial charge in [-0.05, 0) is 35.9 Å². The maximum Gasteiger partial charge on any atom is 0.412 e. The van der Waals surface area contributed by atoms with E-state index in [0.717, 1.165) is 23.8 Å². The van der Waals surface area contributed by atoms with Gasteiger partial charge in [0.2, 0.25) is 0 Å². The topological polar surface area (TPSA) is 135 Å². The number of rotatable bonds is 8. The van der Waals surface area contributed by atoms with Crippen LogP contribution in [-0.4, -0.2) is 52.5 Å². The second-order valence-electron chi connectivity index (χ2n) is 6.98. The van der Waals surface area contributed by atoms with Crippen molar-refractivity contribution in [2.24, 2.45) is 0 Å². The highest BCUT2D eigenvalue weighted by Gasteiger charge is 2.48. The molecule has 0 saturated carbocycles. The summed E-state index contributed by atoms with van der Waals surface area (Å²) < 4.78 is 22.9. The van der Waals surface area contributed by atoms with E-state index in [1.165, 1.54) is 20.0 Å². The first-order chi connectivity index (χ1) is 14.6. The van der Waals surface area contributed by atoms with Crippen LogP contribution in [0.2, 0.25) is 0 Å². The van der Waals surface area contributed by atoms with Crippen LogP contribution in [0.1, 0.15) is 53.2 Å². The summed E-state index contributed by atoms with van der Waals surface area (Å²) in [5.41, 5.74) is -0.750. The zero-order valence-electron chi connectivity index (χ0n) is 17.8. The fourth-order valence-corrected chi connectivity index (χ4v) is 3.62. The molecule has 12 heteroatoms. The van der Waals surface area contributed by atoms with Gasteiger partial charge < -0.3 is 18.9 Å². The van der Waals surface area contributed by atoms with Gasteiger partial charge in [0, 0.05) is 20.0 Å². The Labute approximate surface area is 192 Å². The number of hydrogen-bond acceptors (Lipinski definition) is 9. The van der Waals surface area contributed by atoms with E-state index in [1.807, 2.05) is 29.5 Å². The third kappa shape index (κ3) is 6.89. The first kappa shape index (κ1) is 25.0. The highest BCUT2D eigenvalue weighted by molar-refractivity contribution is 14.1. The summed E-state index contributed by atoms with van der Waals surface area (Å²) in [6.45, 7) is 6.37. The molecule has 0 radical (unpaired) electrons. The number of nitrogens with zero attached hydrogens (tertiary/aromatic N) is 2. The molecule has 1 amide bonds. The van der Waals surface area contributed by atoms with Gasteiger partial charge in [-0.2, -0.15) is 4.98 Å². The van der Waals surface area contributed by atoms with E-state index >= 15 is 0 Å². The molecular weight excluding hydrogens is 525 g/mol. The van der Waals surface area contributed by atoms with E-state index < -0.39 is 48.3 Å². The normalized spacial score (nSPS) is 22.6. The second kappa shape index (κ2) is 11.4. The van der Waals surface area contributed by atoms with Crippen molar-refractivity contribution in [3.63, 3.8) is 0 Å². The lowest BCUT2D eigenvalue weighted by Crippen LogP contribution is -2.40. The quantitative estimate of drug-likeness (QED) is 0.224. The molecule has 1 fully saturated rings. The van der Waals surface area contributed by atoms with E-state index in [1.54, 1.807) is 6.92 Å². The van der Waals surface area contributed by atoms with Crippen molar-refractivity contribution in [3.8, 4) is 0 Å². The van der Waals surface area contributed by atoms with Crippen molar-refractivity contribution in [3.05, 3.63) is 20.3 Å². The van der Waals surface area contributed by atoms with Crippen LogP contribution in [0.4, 0.5) is 10.6 Å². The summed E-state index contributed by atoms with van der Waals surface area (Å²) in [5, 5.41) is 2.44. The van der Waals surface area contributed by atoms with E-state index in [0.29, 0.717) is 3.57 Å². The van der Waals surface area contributed by atoms with Crippen LogP contribution in [-0.2, 0) is 28.5 Å². The van der Waals surface area contributed by atoms with Crippen molar-refractivity contribution in [1.82, 2.24) is 9.55 Å². The van der Waals surface area contributed by atoms with Crippen LogP contribution < -0.4 is 11.0 Å². The van der Waals surface area contributed by atoms with Gasteiger partial charge in [0.25, 0.3) is 0 Å². The van der Waals surface area contributed by atoms with E-state index in [4.69, 9.17) is 18.9 Å². The Hall–Kier alpha value is -2.22. The predicted octanol–water partition coefficient (Wildman–Crippen LogP) is 2.37. The lowest BCUT2D eigenvalue weighted by atomic mass is 10.1. The molecule has 2 heterocycles. The van der Waals surface area contributed by atoms with E-state index in [2.05, 4.69) is 10.3 Å². The SMILES string of the molecule is CCCCCOC(=O)Nc1nc(=O)n([C@@H]2O[C@H](C)[C@@H](OC(C)=O)[C@H]2OC(C)=O)cc1I. The lowest BCUT2D eigenvalue weighted by molar-refractivity contribution is -0.165. The number of ether oxygens (including phenoxy) is 4. The fraction of sp³-hybridized carbons (Fsp3) is 0.632. The van der Waals surface area contributed by atoms with Gasteiger partial charge in [0.15, 0.2) is 24.3 Å². The molecule has 1 N–H and O–H groups in total. The maximum atomic E-state index is 12.7. The number of amides is 1. The molecule has 4 atom stereocenters. The summed E-state index contributed by atoms with van der Waals surface area (Å²) in [6.07, 6.45) is -0.266. The average molecular weight is 551 g/mol. The summed E-state index contributed by atoms with van der Waals surface area (Å²) in [5.74, 6) is -1.16. The molecule has 0 aliphatic carbocycles. The van der Waals surface area contributed by atoms with Crippen LogP contribution in [0.5, 0.6) is 0 Å². The van der Waals surface area contributed by atoms with Gasteiger partial charge >= 0.3 is 23.7 Å². The van der Waals surface area contributed by atoms with Gasteiger partial charge in [-0.1, -0.05) is 19.8 Å². The van der Waals surface area contributed by atoms with Gasteiger partial charge in [0.05, 0.1) is 16.3 Å². The Bertz CT molecular complexity index is 874. The first-order valence-electron chi connectivity index (χ1n) is 9.86. The number of esters is 2. The largest absolute Gasteiger partial charge is 0.456 e. The summed E-state index contributed by atoms with van der Waals surface area (Å²) >= 11 is 1.90. The Morgan fingerprint density at radius 3 is 2.45 bits per heavy atom. The number of anilines is 1. The van der Waals surface area contributed by atoms with Crippen LogP contribution in [0, 0.1) is 3.57 Å². The maximum absolute atomic E-state index is 12.7. The predicted molar refractivity (Wildman–Crippen MR) is 116 cm³/mol. The lowest BCUT2D eigenvalue weighted by Gasteiger charge is -2.23. The summed E-state index contributed by atoms with van der Waals surface area (Å²) in [6, 6.07) is 0. The molecule has 0 unspecified atom stereocenters. The van der Waals surface area contributed by atoms with Crippen LogP contribution in [0.15, 0.2) is 11.0 Å². The molecule has 172 valence electrons. The van der Waals surface area contributed by atoms with Gasteiger partial charge in [-0.25, -0.2) is 9.59 Å². The minimum absolute atomic E-state index is 0.0361. The molecule has 1 aromatic rings. The van der Waals surface area contributed by atoms with Crippen LogP contribution >= 0.6 is 22.6 Å². The smallest absolute Gasteiger partial charge is 0.412 e. The number of hydrogen-bond donors (Lipinski definition) is 1. The van der Waals surface area contributed by atoms with Crippen molar-refractivity contribution in [2.45, 2.75) is 71.5 Å². The van der Waals surface area contributed by atoms with Crippen LogP contribution in [0.25, 0.3) is 0 Å². The third-order valence-electron chi connectivity index (χ3n) is 4.41. The van der Waals surface area contributed by atoms with Gasteiger partial charge in [-0.3, -0.25) is 19.5 Å². The molecule has 1 aliphatic heterocycles. The molecule has 11 nitrogen and oxygen atoms in total. The monoisotopic (exact) mass is 551 g/mol. The van der Waals surface area contributed by atoms with Crippen molar-refractivity contribution in [1.29, 1.82) is 0 Å². The molecular formula is C19H26IN3O8. The molecule has 1 aromatic heterocycles. The molecule has 0 aromatic carbocycles. The molecule has 1 aliphatic rings. The first-order valence-corrected chi connectivity index (χ1v) is 10.9. The summed E-state index contributed by atoms with van der Waals surface area (Å²) in [7, 11) is 0. The van der Waals surface area contributed by atoms with Gasteiger partial charge in [0.1, 0.15) is 0 Å².